The summed E-state index contributed by atoms with van der Waals surface area (Å²) in [7, 11) is 0. The van der Waals surface area contributed by atoms with Gasteiger partial charge in [-0.2, -0.15) is 0 Å². The lowest BCUT2D eigenvalue weighted by atomic mass is 9.76. The number of fused-ring (bicyclic) bond motifs is 4. The number of aromatic hydroxyl groups is 1. The zero-order valence-corrected chi connectivity index (χ0v) is 19.3. The van der Waals surface area contributed by atoms with Gasteiger partial charge >= 0.3 is 0 Å². The van der Waals surface area contributed by atoms with E-state index < -0.39 is 52.9 Å². The molecule has 10 heteroatoms. The van der Waals surface area contributed by atoms with Gasteiger partial charge in [0.15, 0.2) is 0 Å². The van der Waals surface area contributed by atoms with Crippen LogP contribution in [0, 0.1) is 17.7 Å². The lowest BCUT2D eigenvalue weighted by molar-refractivity contribution is -0.130. The molecule has 186 valence electrons. The molecule has 3 aliphatic rings. The number of nitrogens with zero attached hydrogens (tertiary/aromatic N) is 1. The molecule has 3 aromatic rings. The van der Waals surface area contributed by atoms with Gasteiger partial charge in [0, 0.05) is 22.9 Å². The van der Waals surface area contributed by atoms with E-state index in [0.717, 1.165) is 10.5 Å². The van der Waals surface area contributed by atoms with Crippen molar-refractivity contribution in [2.24, 2.45) is 17.6 Å². The van der Waals surface area contributed by atoms with Crippen molar-refractivity contribution in [1.82, 2.24) is 5.32 Å². The fourth-order valence-electron chi connectivity index (χ4n) is 5.86. The van der Waals surface area contributed by atoms with Crippen LogP contribution in [0.2, 0.25) is 0 Å². The number of amides is 4. The first kappa shape index (κ1) is 22.9. The third kappa shape index (κ3) is 3.26. The molecule has 9 nitrogen and oxygen atoms in total. The van der Waals surface area contributed by atoms with Crippen LogP contribution in [0.25, 0.3) is 0 Å². The molecular formula is C27H21FN4O5. The number of phenolic OH excluding ortho intramolecular Hbond substituents is 1. The van der Waals surface area contributed by atoms with E-state index in [1.54, 1.807) is 12.1 Å². The van der Waals surface area contributed by atoms with Gasteiger partial charge in [-0.25, -0.2) is 9.29 Å². The van der Waals surface area contributed by atoms with E-state index in [-0.39, 0.29) is 29.0 Å². The first-order valence-corrected chi connectivity index (χ1v) is 11.7. The number of halogens is 1. The minimum absolute atomic E-state index is 0.0785. The van der Waals surface area contributed by atoms with Crippen LogP contribution in [0.15, 0.2) is 66.7 Å². The van der Waals surface area contributed by atoms with Crippen molar-refractivity contribution in [2.75, 3.05) is 10.2 Å². The monoisotopic (exact) mass is 500 g/mol. The number of carbonyl (C=O) groups excluding carboxylic acids is 4. The van der Waals surface area contributed by atoms with E-state index in [1.807, 2.05) is 0 Å². The molecule has 4 amide bonds. The highest BCUT2D eigenvalue weighted by Gasteiger charge is 2.70. The van der Waals surface area contributed by atoms with Crippen LogP contribution in [0.1, 0.15) is 21.5 Å². The second-order valence-corrected chi connectivity index (χ2v) is 9.50. The van der Waals surface area contributed by atoms with Crippen LogP contribution >= 0.6 is 0 Å². The Balaban J connectivity index is 1.47. The summed E-state index contributed by atoms with van der Waals surface area (Å²) in [5.74, 6) is -4.87. The number of rotatable bonds is 4. The summed E-state index contributed by atoms with van der Waals surface area (Å²) < 4.78 is 14.4. The van der Waals surface area contributed by atoms with Crippen molar-refractivity contribution in [3.63, 3.8) is 0 Å². The van der Waals surface area contributed by atoms with Crippen molar-refractivity contribution in [3.05, 3.63) is 89.2 Å². The van der Waals surface area contributed by atoms with Gasteiger partial charge in [0.2, 0.25) is 23.6 Å². The molecule has 2 saturated heterocycles. The van der Waals surface area contributed by atoms with Crippen LogP contribution < -0.4 is 21.3 Å². The predicted molar refractivity (Wildman–Crippen MR) is 130 cm³/mol. The van der Waals surface area contributed by atoms with Gasteiger partial charge in [0.1, 0.15) is 17.1 Å². The van der Waals surface area contributed by atoms with Crippen molar-refractivity contribution in [2.45, 2.75) is 18.0 Å². The van der Waals surface area contributed by atoms with Crippen LogP contribution in [0.3, 0.4) is 0 Å². The first-order chi connectivity index (χ1) is 17.7. The minimum atomic E-state index is -1.65. The smallest absolute Gasteiger partial charge is 0.250 e. The number of hydrogen-bond acceptors (Lipinski definition) is 6. The molecule has 4 atom stereocenters. The van der Waals surface area contributed by atoms with Gasteiger partial charge in [-0.05, 0) is 66.6 Å². The summed E-state index contributed by atoms with van der Waals surface area (Å²) in [6, 6.07) is 15.4. The molecule has 3 aliphatic heterocycles. The Hall–Kier alpha value is -4.57. The van der Waals surface area contributed by atoms with Crippen molar-refractivity contribution in [3.8, 4) is 5.75 Å². The van der Waals surface area contributed by atoms with Gasteiger partial charge in [-0.1, -0.05) is 12.1 Å². The normalized spacial score (nSPS) is 25.9. The number of nitrogens with one attached hydrogen (secondary N) is 2. The third-order valence-corrected chi connectivity index (χ3v) is 7.48. The van der Waals surface area contributed by atoms with E-state index in [0.29, 0.717) is 5.69 Å². The lowest BCUT2D eigenvalue weighted by Gasteiger charge is -2.29. The SMILES string of the molecule is NC(=O)c1ccc(N2C(=O)[C@@H]3C(Cc4ccc(O)cc4)NC4(C(=O)Nc5ccc(F)cc54)[C@@H]3C2=O)cc1. The maximum Gasteiger partial charge on any atom is 0.250 e. The molecule has 0 aliphatic carbocycles. The largest absolute Gasteiger partial charge is 0.508 e. The van der Waals surface area contributed by atoms with E-state index in [4.69, 9.17) is 5.73 Å². The Kier molecular flexibility index (Phi) is 4.93. The maximum atomic E-state index is 14.4. The zero-order chi connectivity index (χ0) is 26.1. The molecule has 1 spiro atoms. The number of anilines is 2. The van der Waals surface area contributed by atoms with Gasteiger partial charge in [-0.15, -0.1) is 0 Å². The van der Waals surface area contributed by atoms with E-state index in [9.17, 15) is 28.7 Å². The number of imide groups is 1. The number of primary amides is 1. The Morgan fingerprint density at radius 3 is 2.38 bits per heavy atom. The first-order valence-electron chi connectivity index (χ1n) is 11.7. The standard InChI is InChI=1S/C27H21FN4O5/c28-15-5-10-19-18(12-15)27(26(37)30-19)22-21(20(31-27)11-13-1-8-17(33)9-2-13)24(35)32(25(22)36)16-6-3-14(4-7-16)23(29)34/h1-10,12,20-22,31,33H,11H2,(H2,29,34)(H,30,37)/t20?,21-,22+,27?/m1/s1. The average molecular weight is 500 g/mol. The van der Waals surface area contributed by atoms with Crippen LogP contribution in [0.4, 0.5) is 15.8 Å². The van der Waals surface area contributed by atoms with Gasteiger partial charge in [0.25, 0.3) is 0 Å². The van der Waals surface area contributed by atoms with E-state index >= 15 is 0 Å². The van der Waals surface area contributed by atoms with Crippen LogP contribution in [0.5, 0.6) is 5.75 Å². The summed E-state index contributed by atoms with van der Waals surface area (Å²) in [5.41, 5.74) is 5.53. The second-order valence-electron chi connectivity index (χ2n) is 9.50. The highest BCUT2D eigenvalue weighted by molar-refractivity contribution is 6.25. The Morgan fingerprint density at radius 1 is 1.00 bits per heavy atom. The molecule has 5 N–H and O–H groups in total. The molecule has 3 heterocycles. The summed E-state index contributed by atoms with van der Waals surface area (Å²) in [4.78, 5) is 53.8. The average Bonchev–Trinajstić information content (AvgIpc) is 3.45. The number of phenols is 1. The molecular weight excluding hydrogens is 479 g/mol. The third-order valence-electron chi connectivity index (χ3n) is 7.48. The number of carbonyl (C=O) groups is 4. The van der Waals surface area contributed by atoms with Gasteiger partial charge < -0.3 is 16.2 Å². The molecule has 0 radical (unpaired) electrons. The molecule has 0 aromatic heterocycles. The second kappa shape index (κ2) is 7.97. The number of benzene rings is 3. The minimum Gasteiger partial charge on any atom is -0.508 e. The molecule has 0 bridgehead atoms. The molecule has 3 aromatic carbocycles. The fourth-order valence-corrected chi connectivity index (χ4v) is 5.86. The summed E-state index contributed by atoms with van der Waals surface area (Å²) in [6.45, 7) is 0. The fraction of sp³-hybridized carbons (Fsp3) is 0.185. The van der Waals surface area contributed by atoms with E-state index in [2.05, 4.69) is 10.6 Å². The lowest BCUT2D eigenvalue weighted by Crippen LogP contribution is -2.53. The Labute approximate surface area is 210 Å². The van der Waals surface area contributed by atoms with Crippen molar-refractivity contribution < 1.29 is 28.7 Å². The molecule has 37 heavy (non-hydrogen) atoms. The predicted octanol–water partition coefficient (Wildman–Crippen LogP) is 1.80. The van der Waals surface area contributed by atoms with Crippen LogP contribution in [-0.2, 0) is 26.3 Å². The van der Waals surface area contributed by atoms with Gasteiger partial charge in [0.05, 0.1) is 17.5 Å². The van der Waals surface area contributed by atoms with Crippen LogP contribution in [-0.4, -0.2) is 34.8 Å². The van der Waals surface area contributed by atoms with Gasteiger partial charge in [-0.3, -0.25) is 24.5 Å². The quantitative estimate of drug-likeness (QED) is 0.403. The Morgan fingerprint density at radius 2 is 1.70 bits per heavy atom. The molecule has 2 fully saturated rings. The topological polar surface area (TPSA) is 142 Å². The highest BCUT2D eigenvalue weighted by atomic mass is 19.1. The number of hydrogen-bond donors (Lipinski definition) is 4. The number of nitrogens with two attached hydrogens (primary N) is 1. The molecule has 0 saturated carbocycles. The van der Waals surface area contributed by atoms with Crippen molar-refractivity contribution in [1.29, 1.82) is 0 Å². The van der Waals surface area contributed by atoms with Crippen molar-refractivity contribution >= 4 is 35.0 Å². The summed E-state index contributed by atoms with van der Waals surface area (Å²) >= 11 is 0. The highest BCUT2D eigenvalue weighted by Crippen LogP contribution is 2.54. The molecule has 2 unspecified atom stereocenters. The zero-order valence-electron chi connectivity index (χ0n) is 19.3. The van der Waals surface area contributed by atoms with E-state index in [1.165, 1.54) is 54.6 Å². The summed E-state index contributed by atoms with van der Waals surface area (Å²) in [6.07, 6.45) is 0.272. The maximum absolute atomic E-state index is 14.4. The summed E-state index contributed by atoms with van der Waals surface area (Å²) in [5, 5.41) is 15.6. The Bertz CT molecular complexity index is 1490. The molecule has 6 rings (SSSR count).